The predicted molar refractivity (Wildman–Crippen MR) is 158 cm³/mol. The summed E-state index contributed by atoms with van der Waals surface area (Å²) in [6.07, 6.45) is 1.34. The summed E-state index contributed by atoms with van der Waals surface area (Å²) in [7, 11) is 1.56. The van der Waals surface area contributed by atoms with Gasteiger partial charge in [-0.15, -0.1) is 0 Å². The number of pyridine rings is 1. The minimum absolute atomic E-state index is 0.242. The second kappa shape index (κ2) is 11.1. The van der Waals surface area contributed by atoms with Gasteiger partial charge in [-0.05, 0) is 87.4 Å². The number of hydrogen-bond acceptors (Lipinski definition) is 6. The van der Waals surface area contributed by atoms with E-state index in [2.05, 4.69) is 5.32 Å². The van der Waals surface area contributed by atoms with Gasteiger partial charge in [0.15, 0.2) is 0 Å². The molecule has 0 fully saturated rings. The number of amides is 1. The molecular weight excluding hydrogens is 544 g/mol. The summed E-state index contributed by atoms with van der Waals surface area (Å²) in [4.78, 5) is 44.4. The van der Waals surface area contributed by atoms with Crippen molar-refractivity contribution in [2.75, 3.05) is 13.7 Å². The van der Waals surface area contributed by atoms with Gasteiger partial charge in [0.1, 0.15) is 17.0 Å². The minimum Gasteiger partial charge on any atom is -0.497 e. The molecule has 0 atom stereocenters. The number of carbonyl (C=O) groups excluding carboxylic acids is 2. The smallest absolute Gasteiger partial charge is 0.419 e. The Kier molecular flexibility index (Phi) is 7.55. The zero-order valence-corrected chi connectivity index (χ0v) is 23.9. The molecule has 10 heteroatoms. The molecule has 0 aliphatic carbocycles. The van der Waals surface area contributed by atoms with Gasteiger partial charge in [-0.2, -0.15) is 0 Å². The third-order valence-corrected chi connectivity index (χ3v) is 6.69. The lowest BCUT2D eigenvalue weighted by Crippen LogP contribution is -2.28. The Balaban J connectivity index is 1.67. The molecule has 0 spiro atoms. The number of methoxy groups -OCH3 is 1. The predicted octanol–water partition coefficient (Wildman–Crippen LogP) is 5.73. The largest absolute Gasteiger partial charge is 0.497 e. The standard InChI is InChI=1S/C31H29ClN4O5/c1-31(2,3)41-30(39)36-25-13-12-21(40-4)17-23(25)22(14-15-33-29(38)19-8-10-20(32)11-9-19)28(36)24-18-27(37)35-16-6-5-7-26(35)34-24/h5-13,16-18H,14-15H2,1-4H3,(H,33,38). The van der Waals surface area contributed by atoms with Crippen LogP contribution in [0, 0.1) is 0 Å². The molecule has 2 aromatic carbocycles. The van der Waals surface area contributed by atoms with Gasteiger partial charge in [0.25, 0.3) is 11.5 Å². The average molecular weight is 573 g/mol. The van der Waals surface area contributed by atoms with Gasteiger partial charge < -0.3 is 14.8 Å². The summed E-state index contributed by atoms with van der Waals surface area (Å²) in [5.74, 6) is 0.321. The van der Waals surface area contributed by atoms with Crippen LogP contribution in [0.15, 0.2) is 77.7 Å². The molecule has 3 heterocycles. The Bertz CT molecular complexity index is 1830. The highest BCUT2D eigenvalue weighted by Crippen LogP contribution is 2.36. The van der Waals surface area contributed by atoms with Crippen LogP contribution in [0.2, 0.25) is 5.02 Å². The summed E-state index contributed by atoms with van der Waals surface area (Å²) in [6.45, 7) is 5.60. The molecule has 0 saturated carbocycles. The number of rotatable bonds is 6. The monoisotopic (exact) mass is 572 g/mol. The van der Waals surface area contributed by atoms with Crippen LogP contribution in [-0.4, -0.2) is 45.2 Å². The molecule has 5 aromatic rings. The van der Waals surface area contributed by atoms with Crippen molar-refractivity contribution in [2.45, 2.75) is 32.8 Å². The lowest BCUT2D eigenvalue weighted by atomic mass is 10.0. The first-order chi connectivity index (χ1) is 19.6. The van der Waals surface area contributed by atoms with Crippen molar-refractivity contribution in [3.8, 4) is 17.1 Å². The van der Waals surface area contributed by atoms with E-state index >= 15 is 0 Å². The van der Waals surface area contributed by atoms with Crippen molar-refractivity contribution in [1.82, 2.24) is 19.3 Å². The normalized spacial score (nSPS) is 11.5. The number of hydrogen-bond donors (Lipinski definition) is 1. The molecule has 5 rings (SSSR count). The first kappa shape index (κ1) is 27.9. The summed E-state index contributed by atoms with van der Waals surface area (Å²) >= 11 is 5.96. The van der Waals surface area contributed by atoms with Crippen molar-refractivity contribution < 1.29 is 19.1 Å². The summed E-state index contributed by atoms with van der Waals surface area (Å²) in [6, 6.07) is 18.6. The molecular formula is C31H29ClN4O5. The van der Waals surface area contributed by atoms with E-state index < -0.39 is 11.7 Å². The minimum atomic E-state index is -0.777. The van der Waals surface area contributed by atoms with Crippen LogP contribution in [0.5, 0.6) is 5.75 Å². The van der Waals surface area contributed by atoms with E-state index in [4.69, 9.17) is 26.1 Å². The SMILES string of the molecule is COc1ccc2c(c1)c(CCNC(=O)c1ccc(Cl)cc1)c(-c1cc(=O)n3ccccc3n1)n2C(=O)OC(C)(C)C. The fourth-order valence-electron chi connectivity index (χ4n) is 4.66. The van der Waals surface area contributed by atoms with Crippen molar-refractivity contribution in [3.63, 3.8) is 0 Å². The van der Waals surface area contributed by atoms with Gasteiger partial charge >= 0.3 is 6.09 Å². The molecule has 0 bridgehead atoms. The number of ether oxygens (including phenoxy) is 2. The number of nitrogens with zero attached hydrogens (tertiary/aromatic N) is 3. The Labute approximate surface area is 241 Å². The van der Waals surface area contributed by atoms with Gasteiger partial charge in [0.2, 0.25) is 0 Å². The lowest BCUT2D eigenvalue weighted by molar-refractivity contribution is 0.0546. The maximum atomic E-state index is 13.7. The highest BCUT2D eigenvalue weighted by atomic mass is 35.5. The van der Waals surface area contributed by atoms with E-state index in [1.165, 1.54) is 15.0 Å². The van der Waals surface area contributed by atoms with Crippen LogP contribution < -0.4 is 15.6 Å². The zero-order chi connectivity index (χ0) is 29.3. The van der Waals surface area contributed by atoms with Crippen LogP contribution in [0.1, 0.15) is 36.7 Å². The van der Waals surface area contributed by atoms with Crippen molar-refractivity contribution in [3.05, 3.63) is 99.4 Å². The third-order valence-electron chi connectivity index (χ3n) is 6.44. The molecule has 1 N–H and O–H groups in total. The molecule has 0 unspecified atom stereocenters. The van der Waals surface area contributed by atoms with Crippen LogP contribution >= 0.6 is 11.6 Å². The Morgan fingerprint density at radius 1 is 1.02 bits per heavy atom. The van der Waals surface area contributed by atoms with E-state index in [-0.39, 0.29) is 18.0 Å². The Morgan fingerprint density at radius 3 is 2.49 bits per heavy atom. The average Bonchev–Trinajstić information content (AvgIpc) is 3.26. The maximum absolute atomic E-state index is 13.7. The van der Waals surface area contributed by atoms with E-state index in [1.54, 1.807) is 88.7 Å². The highest BCUT2D eigenvalue weighted by molar-refractivity contribution is 6.30. The number of fused-ring (bicyclic) bond motifs is 2. The van der Waals surface area contributed by atoms with Crippen LogP contribution in [0.25, 0.3) is 27.9 Å². The molecule has 0 radical (unpaired) electrons. The summed E-state index contributed by atoms with van der Waals surface area (Å²) in [5, 5.41) is 4.18. The number of aromatic nitrogens is 3. The first-order valence-corrected chi connectivity index (χ1v) is 13.4. The van der Waals surface area contributed by atoms with Crippen LogP contribution in [0.3, 0.4) is 0 Å². The van der Waals surface area contributed by atoms with Gasteiger partial charge in [-0.1, -0.05) is 17.7 Å². The second-order valence-corrected chi connectivity index (χ2v) is 10.9. The summed E-state index contributed by atoms with van der Waals surface area (Å²) in [5.41, 5.74) is 1.80. The topological polar surface area (TPSA) is 104 Å². The van der Waals surface area contributed by atoms with Gasteiger partial charge in [0, 0.05) is 34.8 Å². The summed E-state index contributed by atoms with van der Waals surface area (Å²) < 4.78 is 14.1. The molecule has 210 valence electrons. The van der Waals surface area contributed by atoms with Crippen molar-refractivity contribution in [1.29, 1.82) is 0 Å². The van der Waals surface area contributed by atoms with Crippen molar-refractivity contribution in [2.24, 2.45) is 0 Å². The third kappa shape index (κ3) is 5.81. The molecule has 41 heavy (non-hydrogen) atoms. The fourth-order valence-corrected chi connectivity index (χ4v) is 4.79. The number of halogens is 1. The Hall–Kier alpha value is -4.63. The zero-order valence-electron chi connectivity index (χ0n) is 23.1. The highest BCUT2D eigenvalue weighted by Gasteiger charge is 2.28. The Morgan fingerprint density at radius 2 is 1.78 bits per heavy atom. The van der Waals surface area contributed by atoms with Gasteiger partial charge in [-0.3, -0.25) is 14.0 Å². The molecule has 9 nitrogen and oxygen atoms in total. The molecule has 0 saturated heterocycles. The lowest BCUT2D eigenvalue weighted by Gasteiger charge is -2.21. The number of carbonyl (C=O) groups is 2. The number of nitrogens with one attached hydrogen (secondary N) is 1. The van der Waals surface area contributed by atoms with Crippen LogP contribution in [-0.2, 0) is 11.2 Å². The molecule has 3 aromatic heterocycles. The number of benzene rings is 2. The van der Waals surface area contributed by atoms with E-state index in [0.29, 0.717) is 56.3 Å². The first-order valence-electron chi connectivity index (χ1n) is 13.0. The maximum Gasteiger partial charge on any atom is 0.419 e. The fraction of sp³-hybridized carbons (Fsp3) is 0.226. The van der Waals surface area contributed by atoms with Crippen molar-refractivity contribution >= 4 is 40.2 Å². The van der Waals surface area contributed by atoms with E-state index in [1.807, 2.05) is 6.07 Å². The second-order valence-electron chi connectivity index (χ2n) is 10.4. The molecule has 1 amide bonds. The molecule has 0 aliphatic heterocycles. The van der Waals surface area contributed by atoms with Gasteiger partial charge in [-0.25, -0.2) is 14.3 Å². The molecule has 0 aliphatic rings. The van der Waals surface area contributed by atoms with E-state index in [9.17, 15) is 14.4 Å². The quantitative estimate of drug-likeness (QED) is 0.278. The van der Waals surface area contributed by atoms with Gasteiger partial charge in [0.05, 0.1) is 24.0 Å². The van der Waals surface area contributed by atoms with E-state index in [0.717, 1.165) is 0 Å². The van der Waals surface area contributed by atoms with Crippen LogP contribution in [0.4, 0.5) is 4.79 Å².